The number of benzene rings is 2. The number of hydrogen-bond donors (Lipinski definition) is 2. The SMILES string of the molecule is Cc1ccccc1N(C)c1ccc(F)cc1C(=N)N. The Balaban J connectivity index is 2.53. The van der Waals surface area contributed by atoms with Gasteiger partial charge in [0, 0.05) is 18.3 Å². The topological polar surface area (TPSA) is 53.1 Å². The van der Waals surface area contributed by atoms with Crippen LogP contribution in [0.2, 0.25) is 0 Å². The average molecular weight is 257 g/mol. The van der Waals surface area contributed by atoms with Crippen molar-refractivity contribution in [1.82, 2.24) is 0 Å². The molecule has 2 rings (SSSR count). The zero-order chi connectivity index (χ0) is 14.0. The van der Waals surface area contributed by atoms with Gasteiger partial charge in [0.2, 0.25) is 0 Å². The van der Waals surface area contributed by atoms with Gasteiger partial charge in [0.1, 0.15) is 11.7 Å². The molecule has 0 bridgehead atoms. The lowest BCUT2D eigenvalue weighted by molar-refractivity contribution is 0.627. The molecule has 19 heavy (non-hydrogen) atoms. The quantitative estimate of drug-likeness (QED) is 0.655. The number of rotatable bonds is 3. The number of para-hydroxylation sites is 1. The van der Waals surface area contributed by atoms with Gasteiger partial charge >= 0.3 is 0 Å². The maximum absolute atomic E-state index is 13.3. The lowest BCUT2D eigenvalue weighted by atomic mass is 10.1. The fourth-order valence-electron chi connectivity index (χ4n) is 2.09. The van der Waals surface area contributed by atoms with Crippen LogP contribution in [0, 0.1) is 18.2 Å². The number of anilines is 2. The Labute approximate surface area is 112 Å². The first-order chi connectivity index (χ1) is 9.00. The highest BCUT2D eigenvalue weighted by atomic mass is 19.1. The molecule has 0 amide bonds. The van der Waals surface area contributed by atoms with Crippen molar-refractivity contribution in [3.8, 4) is 0 Å². The van der Waals surface area contributed by atoms with Gasteiger partial charge in [-0.1, -0.05) is 18.2 Å². The van der Waals surface area contributed by atoms with Crippen LogP contribution >= 0.6 is 0 Å². The van der Waals surface area contributed by atoms with Crippen LogP contribution in [0.15, 0.2) is 42.5 Å². The minimum Gasteiger partial charge on any atom is -0.384 e. The second-order valence-electron chi connectivity index (χ2n) is 4.42. The van der Waals surface area contributed by atoms with E-state index in [4.69, 9.17) is 11.1 Å². The molecule has 2 aromatic carbocycles. The lowest BCUT2D eigenvalue weighted by Gasteiger charge is -2.24. The van der Waals surface area contributed by atoms with Gasteiger partial charge in [-0.25, -0.2) is 4.39 Å². The van der Waals surface area contributed by atoms with E-state index in [-0.39, 0.29) is 5.84 Å². The van der Waals surface area contributed by atoms with E-state index in [9.17, 15) is 4.39 Å². The standard InChI is InChI=1S/C15H16FN3/c1-10-5-3-4-6-13(10)19(2)14-8-7-11(16)9-12(14)15(17)18/h3-9H,1-2H3,(H3,17,18). The molecule has 98 valence electrons. The van der Waals surface area contributed by atoms with Gasteiger partial charge in [-0.2, -0.15) is 0 Å². The Kier molecular flexibility index (Phi) is 3.51. The number of amidine groups is 1. The Morgan fingerprint density at radius 2 is 1.84 bits per heavy atom. The van der Waals surface area contributed by atoms with E-state index in [1.54, 1.807) is 6.07 Å². The van der Waals surface area contributed by atoms with Crippen LogP contribution < -0.4 is 10.6 Å². The largest absolute Gasteiger partial charge is 0.384 e. The van der Waals surface area contributed by atoms with Gasteiger partial charge in [0.25, 0.3) is 0 Å². The van der Waals surface area contributed by atoms with E-state index in [2.05, 4.69) is 0 Å². The molecule has 0 saturated carbocycles. The molecule has 0 fully saturated rings. The maximum Gasteiger partial charge on any atom is 0.125 e. The third-order valence-electron chi connectivity index (χ3n) is 3.09. The molecule has 4 heteroatoms. The Morgan fingerprint density at radius 1 is 1.16 bits per heavy atom. The van der Waals surface area contributed by atoms with Crippen LogP contribution in [0.25, 0.3) is 0 Å². The number of nitrogens with two attached hydrogens (primary N) is 1. The molecule has 0 aliphatic rings. The van der Waals surface area contributed by atoms with Gasteiger partial charge in [-0.3, -0.25) is 5.41 Å². The predicted octanol–water partition coefficient (Wildman–Crippen LogP) is 3.19. The third kappa shape index (κ3) is 2.57. The van der Waals surface area contributed by atoms with E-state index in [0.717, 1.165) is 11.3 Å². The molecule has 2 aromatic rings. The van der Waals surface area contributed by atoms with Gasteiger partial charge in [0.15, 0.2) is 0 Å². The molecule has 0 spiro atoms. The summed E-state index contributed by atoms with van der Waals surface area (Å²) in [4.78, 5) is 1.91. The molecule has 0 heterocycles. The van der Waals surface area contributed by atoms with Crippen LogP contribution in [0.3, 0.4) is 0 Å². The summed E-state index contributed by atoms with van der Waals surface area (Å²) in [7, 11) is 1.88. The minimum absolute atomic E-state index is 0.144. The van der Waals surface area contributed by atoms with Crippen LogP contribution in [-0.2, 0) is 0 Å². The molecular weight excluding hydrogens is 241 g/mol. The average Bonchev–Trinajstić information content (AvgIpc) is 2.38. The summed E-state index contributed by atoms with van der Waals surface area (Å²) in [6, 6.07) is 12.2. The molecule has 0 radical (unpaired) electrons. The summed E-state index contributed by atoms with van der Waals surface area (Å²) in [6.45, 7) is 2.00. The normalized spacial score (nSPS) is 10.3. The van der Waals surface area contributed by atoms with Crippen molar-refractivity contribution in [3.05, 3.63) is 59.4 Å². The predicted molar refractivity (Wildman–Crippen MR) is 76.7 cm³/mol. The van der Waals surface area contributed by atoms with Crippen molar-refractivity contribution in [2.75, 3.05) is 11.9 Å². The Morgan fingerprint density at radius 3 is 2.47 bits per heavy atom. The van der Waals surface area contributed by atoms with Crippen molar-refractivity contribution in [2.24, 2.45) is 5.73 Å². The second-order valence-corrected chi connectivity index (χ2v) is 4.42. The van der Waals surface area contributed by atoms with Gasteiger partial charge in [-0.15, -0.1) is 0 Å². The highest BCUT2D eigenvalue weighted by Crippen LogP contribution is 2.29. The first-order valence-electron chi connectivity index (χ1n) is 5.94. The van der Waals surface area contributed by atoms with E-state index < -0.39 is 5.82 Å². The van der Waals surface area contributed by atoms with E-state index in [0.29, 0.717) is 11.3 Å². The van der Waals surface area contributed by atoms with E-state index in [1.165, 1.54) is 12.1 Å². The second kappa shape index (κ2) is 5.10. The highest BCUT2D eigenvalue weighted by Gasteiger charge is 2.13. The number of hydrogen-bond acceptors (Lipinski definition) is 2. The van der Waals surface area contributed by atoms with Crippen molar-refractivity contribution < 1.29 is 4.39 Å². The highest BCUT2D eigenvalue weighted by molar-refractivity contribution is 6.01. The van der Waals surface area contributed by atoms with Crippen molar-refractivity contribution in [3.63, 3.8) is 0 Å². The van der Waals surface area contributed by atoms with Crippen molar-refractivity contribution in [1.29, 1.82) is 5.41 Å². The van der Waals surface area contributed by atoms with Crippen LogP contribution in [0.4, 0.5) is 15.8 Å². The number of nitrogen functional groups attached to an aromatic ring is 1. The molecule has 0 aliphatic carbocycles. The lowest BCUT2D eigenvalue weighted by Crippen LogP contribution is -2.19. The number of nitrogens with one attached hydrogen (secondary N) is 1. The summed E-state index contributed by atoms with van der Waals surface area (Å²) >= 11 is 0. The molecular formula is C15H16FN3. The molecule has 0 unspecified atom stereocenters. The number of aryl methyl sites for hydroxylation is 1. The number of nitrogens with zero attached hydrogens (tertiary/aromatic N) is 1. The maximum atomic E-state index is 13.3. The molecule has 0 aliphatic heterocycles. The van der Waals surface area contributed by atoms with E-state index >= 15 is 0 Å². The summed E-state index contributed by atoms with van der Waals surface area (Å²) in [5, 5.41) is 7.57. The zero-order valence-electron chi connectivity index (χ0n) is 10.9. The summed E-state index contributed by atoms with van der Waals surface area (Å²) in [6.07, 6.45) is 0. The number of halogens is 1. The van der Waals surface area contributed by atoms with Crippen LogP contribution in [0.5, 0.6) is 0 Å². The summed E-state index contributed by atoms with van der Waals surface area (Å²) in [5.74, 6) is -0.540. The monoisotopic (exact) mass is 257 g/mol. The summed E-state index contributed by atoms with van der Waals surface area (Å²) in [5.41, 5.74) is 8.73. The Bertz CT molecular complexity index is 623. The molecule has 0 atom stereocenters. The summed E-state index contributed by atoms with van der Waals surface area (Å²) < 4.78 is 13.3. The van der Waals surface area contributed by atoms with E-state index in [1.807, 2.05) is 43.1 Å². The molecule has 3 N–H and O–H groups in total. The molecule has 0 saturated heterocycles. The zero-order valence-corrected chi connectivity index (χ0v) is 10.9. The fraction of sp³-hybridized carbons (Fsp3) is 0.133. The van der Waals surface area contributed by atoms with Gasteiger partial charge in [-0.05, 0) is 36.8 Å². The Hall–Kier alpha value is -2.36. The first kappa shape index (κ1) is 13.1. The fourth-order valence-corrected chi connectivity index (χ4v) is 2.09. The first-order valence-corrected chi connectivity index (χ1v) is 5.94. The smallest absolute Gasteiger partial charge is 0.125 e. The van der Waals surface area contributed by atoms with Crippen LogP contribution in [0.1, 0.15) is 11.1 Å². The molecule has 3 nitrogen and oxygen atoms in total. The minimum atomic E-state index is -0.396. The van der Waals surface area contributed by atoms with Crippen molar-refractivity contribution >= 4 is 17.2 Å². The van der Waals surface area contributed by atoms with Crippen molar-refractivity contribution in [2.45, 2.75) is 6.92 Å². The van der Waals surface area contributed by atoms with Gasteiger partial charge in [0.05, 0.1) is 5.69 Å². The van der Waals surface area contributed by atoms with Gasteiger partial charge < -0.3 is 10.6 Å². The third-order valence-corrected chi connectivity index (χ3v) is 3.09. The van der Waals surface area contributed by atoms with Crippen LogP contribution in [-0.4, -0.2) is 12.9 Å². The molecule has 0 aromatic heterocycles.